The lowest BCUT2D eigenvalue weighted by atomic mass is 9.92. The first kappa shape index (κ1) is 23.9. The van der Waals surface area contributed by atoms with Crippen LogP contribution in [0.2, 0.25) is 0 Å². The van der Waals surface area contributed by atoms with Crippen molar-refractivity contribution in [2.45, 2.75) is 79.1 Å². The van der Waals surface area contributed by atoms with E-state index in [2.05, 4.69) is 5.32 Å². The third-order valence-corrected chi connectivity index (χ3v) is 9.31. The molecule has 0 unspecified atom stereocenters. The van der Waals surface area contributed by atoms with Crippen molar-refractivity contribution in [3.8, 4) is 0 Å². The van der Waals surface area contributed by atoms with Gasteiger partial charge in [0.2, 0.25) is 0 Å². The monoisotopic (exact) mass is 487 g/mol. The lowest BCUT2D eigenvalue weighted by molar-refractivity contribution is -0.317. The molecule has 0 spiro atoms. The minimum atomic E-state index is -3.78. The molecule has 0 amide bonds. The van der Waals surface area contributed by atoms with Crippen LogP contribution in [-0.4, -0.2) is 58.0 Å². The predicted octanol–water partition coefficient (Wildman–Crippen LogP) is 3.61. The number of sulfone groups is 1. The Morgan fingerprint density at radius 2 is 1.59 bits per heavy atom. The number of methoxy groups -OCH3 is 1. The standard InChI is InChI=1S/C26H33NO6S/c1-30-26-22(27-19-13-7-3-8-14-19)24(34(28,29)20-15-9-4-10-16-20)23-21(32-26)17-31-25(33-23)18-11-5-2-6-12-18/h2,4-6,9-12,15-16,19,21-27H,3,7-8,13-14,17H2,1H3/t21-,22-,23-,24-,25-,26+/m1/s1. The van der Waals surface area contributed by atoms with E-state index in [0.717, 1.165) is 31.2 Å². The Bertz CT molecular complexity index is 1030. The van der Waals surface area contributed by atoms with Crippen molar-refractivity contribution in [3.63, 3.8) is 0 Å². The molecule has 7 nitrogen and oxygen atoms in total. The number of hydrogen-bond acceptors (Lipinski definition) is 7. The first-order chi connectivity index (χ1) is 16.6. The molecule has 6 atom stereocenters. The van der Waals surface area contributed by atoms with Gasteiger partial charge in [0.1, 0.15) is 17.5 Å². The Hall–Kier alpha value is -1.81. The molecule has 2 aromatic rings. The van der Waals surface area contributed by atoms with E-state index < -0.39 is 45.9 Å². The Kier molecular flexibility index (Phi) is 7.34. The van der Waals surface area contributed by atoms with Crippen LogP contribution in [0.5, 0.6) is 0 Å². The summed E-state index contributed by atoms with van der Waals surface area (Å²) in [7, 11) is -2.22. The Balaban J connectivity index is 1.52. The molecule has 1 N–H and O–H groups in total. The minimum absolute atomic E-state index is 0.217. The summed E-state index contributed by atoms with van der Waals surface area (Å²) in [4.78, 5) is 0.275. The second kappa shape index (κ2) is 10.4. The maximum absolute atomic E-state index is 14.1. The molecule has 3 fully saturated rings. The number of hydrogen-bond donors (Lipinski definition) is 1. The van der Waals surface area contributed by atoms with Crippen molar-refractivity contribution in [2.75, 3.05) is 13.7 Å². The van der Waals surface area contributed by atoms with Crippen LogP contribution in [0.25, 0.3) is 0 Å². The number of rotatable bonds is 6. The van der Waals surface area contributed by atoms with Crippen LogP contribution in [0, 0.1) is 0 Å². The van der Waals surface area contributed by atoms with Crippen molar-refractivity contribution in [1.29, 1.82) is 0 Å². The molecule has 1 saturated carbocycles. The Labute approximate surface area is 201 Å². The minimum Gasteiger partial charge on any atom is -0.354 e. The number of ether oxygens (including phenoxy) is 4. The summed E-state index contributed by atoms with van der Waals surface area (Å²) in [5, 5.41) is 2.73. The fraction of sp³-hybridized carbons (Fsp3) is 0.538. The molecule has 3 aliphatic rings. The molecule has 5 rings (SSSR count). The van der Waals surface area contributed by atoms with Crippen LogP contribution in [0.4, 0.5) is 0 Å². The molecule has 2 heterocycles. The van der Waals surface area contributed by atoms with E-state index in [1.54, 1.807) is 31.4 Å². The summed E-state index contributed by atoms with van der Waals surface area (Å²) >= 11 is 0. The lowest BCUT2D eigenvalue weighted by Gasteiger charge is -2.50. The number of nitrogens with one attached hydrogen (secondary N) is 1. The van der Waals surface area contributed by atoms with Gasteiger partial charge >= 0.3 is 0 Å². The van der Waals surface area contributed by atoms with Crippen LogP contribution in [-0.2, 0) is 28.8 Å². The molecule has 1 aliphatic carbocycles. The predicted molar refractivity (Wildman–Crippen MR) is 127 cm³/mol. The van der Waals surface area contributed by atoms with Gasteiger partial charge in [-0.3, -0.25) is 0 Å². The summed E-state index contributed by atoms with van der Waals surface area (Å²) in [6.45, 7) is 0.223. The van der Waals surface area contributed by atoms with E-state index in [1.165, 1.54) is 6.42 Å². The van der Waals surface area contributed by atoms with E-state index in [1.807, 2.05) is 36.4 Å². The van der Waals surface area contributed by atoms with Gasteiger partial charge in [-0.05, 0) is 25.0 Å². The fourth-order valence-electron chi connectivity index (χ4n) is 5.41. The van der Waals surface area contributed by atoms with Gasteiger partial charge in [-0.2, -0.15) is 0 Å². The maximum Gasteiger partial charge on any atom is 0.185 e. The average Bonchev–Trinajstić information content (AvgIpc) is 2.89. The van der Waals surface area contributed by atoms with Gasteiger partial charge in [0.05, 0.1) is 17.5 Å². The summed E-state index contributed by atoms with van der Waals surface area (Å²) in [5.41, 5.74) is 0.850. The van der Waals surface area contributed by atoms with Gasteiger partial charge in [-0.1, -0.05) is 67.8 Å². The zero-order chi connectivity index (χ0) is 23.5. The van der Waals surface area contributed by atoms with E-state index in [0.29, 0.717) is 0 Å². The molecule has 8 heteroatoms. The molecule has 2 saturated heterocycles. The van der Waals surface area contributed by atoms with E-state index in [4.69, 9.17) is 18.9 Å². The Morgan fingerprint density at radius 1 is 0.912 bits per heavy atom. The zero-order valence-electron chi connectivity index (χ0n) is 19.4. The molecular weight excluding hydrogens is 454 g/mol. The summed E-state index contributed by atoms with van der Waals surface area (Å²) < 4.78 is 52.5. The quantitative estimate of drug-likeness (QED) is 0.667. The van der Waals surface area contributed by atoms with E-state index in [-0.39, 0.29) is 17.5 Å². The van der Waals surface area contributed by atoms with Crippen LogP contribution in [0.3, 0.4) is 0 Å². The molecule has 0 bridgehead atoms. The first-order valence-corrected chi connectivity index (χ1v) is 13.7. The van der Waals surface area contributed by atoms with E-state index in [9.17, 15) is 8.42 Å². The van der Waals surface area contributed by atoms with Crippen LogP contribution in [0.15, 0.2) is 65.6 Å². The molecule has 0 radical (unpaired) electrons. The highest BCUT2D eigenvalue weighted by atomic mass is 32.2. The highest BCUT2D eigenvalue weighted by molar-refractivity contribution is 7.92. The Morgan fingerprint density at radius 3 is 2.26 bits per heavy atom. The van der Waals surface area contributed by atoms with Gasteiger partial charge < -0.3 is 24.3 Å². The number of benzene rings is 2. The fourth-order valence-corrected chi connectivity index (χ4v) is 7.44. The smallest absolute Gasteiger partial charge is 0.185 e. The van der Waals surface area contributed by atoms with E-state index >= 15 is 0 Å². The average molecular weight is 488 g/mol. The zero-order valence-corrected chi connectivity index (χ0v) is 20.2. The summed E-state index contributed by atoms with van der Waals surface area (Å²) in [6.07, 6.45) is 2.83. The third-order valence-electron chi connectivity index (χ3n) is 7.11. The SMILES string of the molecule is CO[C@H]1O[C@@H]2CO[C@@H](c3ccccc3)O[C@H]2[C@H](S(=O)(=O)c2ccccc2)[C@H]1NC1CCCCC1. The highest BCUT2D eigenvalue weighted by Crippen LogP contribution is 2.39. The molecule has 184 valence electrons. The van der Waals surface area contributed by atoms with Crippen LogP contribution >= 0.6 is 0 Å². The molecule has 2 aromatic carbocycles. The highest BCUT2D eigenvalue weighted by Gasteiger charge is 2.55. The van der Waals surface area contributed by atoms with Crippen molar-refractivity contribution >= 4 is 9.84 Å². The number of fused-ring (bicyclic) bond motifs is 1. The first-order valence-electron chi connectivity index (χ1n) is 12.1. The summed E-state index contributed by atoms with van der Waals surface area (Å²) in [6, 6.07) is 17.8. The largest absolute Gasteiger partial charge is 0.354 e. The maximum atomic E-state index is 14.1. The molecule has 0 aromatic heterocycles. The lowest BCUT2D eigenvalue weighted by Crippen LogP contribution is -2.69. The topological polar surface area (TPSA) is 83.1 Å². The van der Waals surface area contributed by atoms with Crippen LogP contribution < -0.4 is 5.32 Å². The molecular formula is C26H33NO6S. The van der Waals surface area contributed by atoms with Gasteiger partial charge in [-0.25, -0.2) is 8.42 Å². The van der Waals surface area contributed by atoms with Gasteiger partial charge in [0, 0.05) is 18.7 Å². The van der Waals surface area contributed by atoms with Crippen molar-refractivity contribution in [2.24, 2.45) is 0 Å². The van der Waals surface area contributed by atoms with Crippen molar-refractivity contribution < 1.29 is 27.4 Å². The van der Waals surface area contributed by atoms with Crippen LogP contribution in [0.1, 0.15) is 44.0 Å². The second-order valence-corrected chi connectivity index (χ2v) is 11.4. The third kappa shape index (κ3) is 4.80. The normalized spacial score (nSPS) is 32.7. The van der Waals surface area contributed by atoms with Gasteiger partial charge in [0.25, 0.3) is 0 Å². The van der Waals surface area contributed by atoms with Gasteiger partial charge in [-0.15, -0.1) is 0 Å². The summed E-state index contributed by atoms with van der Waals surface area (Å²) in [5.74, 6) is 0. The van der Waals surface area contributed by atoms with Gasteiger partial charge in [0.15, 0.2) is 22.4 Å². The van der Waals surface area contributed by atoms with Crippen molar-refractivity contribution in [3.05, 3.63) is 66.2 Å². The second-order valence-electron chi connectivity index (χ2n) is 9.31. The molecule has 2 aliphatic heterocycles. The molecule has 34 heavy (non-hydrogen) atoms. The van der Waals surface area contributed by atoms with Crippen molar-refractivity contribution in [1.82, 2.24) is 5.32 Å².